The molecule has 4 rings (SSSR count). The van der Waals surface area contributed by atoms with Gasteiger partial charge >= 0.3 is 5.97 Å². The molecule has 4 aliphatic rings. The van der Waals surface area contributed by atoms with E-state index in [2.05, 4.69) is 16.1 Å². The molecule has 0 bridgehead atoms. The number of hydroxylamine groups is 1. The zero-order valence-electron chi connectivity index (χ0n) is 16.5. The minimum absolute atomic E-state index is 0.0212. The maximum absolute atomic E-state index is 12.4. The maximum atomic E-state index is 12.4. The molecule has 0 aromatic heterocycles. The Morgan fingerprint density at radius 3 is 2.70 bits per heavy atom. The van der Waals surface area contributed by atoms with Gasteiger partial charge in [0.25, 0.3) is 5.91 Å². The molecule has 0 radical (unpaired) electrons. The largest absolute Gasteiger partial charge is 0.477 e. The summed E-state index contributed by atoms with van der Waals surface area (Å²) in [6.07, 6.45) is -0.397. The first kappa shape index (κ1) is 21.1. The molecular weight excluding hydrogens is 416 g/mol. The number of carbonyl (C=O) groups is 4. The lowest BCUT2D eigenvalue weighted by molar-refractivity contribution is -0.163. The van der Waals surface area contributed by atoms with Crippen LogP contribution in [-0.4, -0.2) is 81.4 Å². The van der Waals surface area contributed by atoms with E-state index < -0.39 is 36.0 Å². The van der Waals surface area contributed by atoms with Crippen molar-refractivity contribution in [2.75, 3.05) is 13.2 Å². The summed E-state index contributed by atoms with van der Waals surface area (Å²) in [4.78, 5) is 55.0. The first-order valence-corrected chi connectivity index (χ1v) is 10.7. The Morgan fingerprint density at radius 2 is 2.10 bits per heavy atom. The Morgan fingerprint density at radius 1 is 1.37 bits per heavy atom. The Kier molecular flexibility index (Phi) is 5.51. The molecule has 4 aliphatic heterocycles. The highest BCUT2D eigenvalue weighted by Gasteiger charge is 2.60. The molecule has 1 unspecified atom stereocenters. The number of aliphatic carboxylic acids is 1. The van der Waals surface area contributed by atoms with Crippen LogP contribution in [0.1, 0.15) is 20.3 Å². The van der Waals surface area contributed by atoms with Crippen LogP contribution in [0.15, 0.2) is 10.6 Å². The number of carbonyl (C=O) groups excluding carboxylic acids is 3. The first-order valence-electron chi connectivity index (χ1n) is 9.81. The van der Waals surface area contributed by atoms with Gasteiger partial charge in [-0.2, -0.15) is 0 Å². The van der Waals surface area contributed by atoms with E-state index in [0.717, 1.165) is 0 Å². The van der Waals surface area contributed by atoms with Crippen molar-refractivity contribution in [3.8, 4) is 0 Å². The van der Waals surface area contributed by atoms with Gasteiger partial charge in [-0.3, -0.25) is 19.2 Å². The highest BCUT2D eigenvalue weighted by Crippen LogP contribution is 2.51. The van der Waals surface area contributed by atoms with Gasteiger partial charge in [-0.05, 0) is 13.3 Å². The predicted octanol–water partition coefficient (Wildman–Crippen LogP) is -1.85. The van der Waals surface area contributed by atoms with Gasteiger partial charge < -0.3 is 25.7 Å². The second-order valence-corrected chi connectivity index (χ2v) is 9.39. The van der Waals surface area contributed by atoms with Crippen LogP contribution < -0.4 is 16.1 Å². The number of nitrogens with zero attached hydrogens (tertiary/aromatic N) is 1. The molecule has 4 heterocycles. The van der Waals surface area contributed by atoms with Crippen molar-refractivity contribution in [2.45, 2.75) is 49.7 Å². The summed E-state index contributed by atoms with van der Waals surface area (Å²) < 4.78 is 0. The lowest BCUT2D eigenvalue weighted by atomic mass is 9.79. The van der Waals surface area contributed by atoms with Crippen LogP contribution in [0.5, 0.6) is 0 Å². The monoisotopic (exact) mass is 440 g/mol. The van der Waals surface area contributed by atoms with Crippen LogP contribution in [0, 0.1) is 11.8 Å². The van der Waals surface area contributed by atoms with Gasteiger partial charge in [0.2, 0.25) is 11.8 Å². The Labute approximate surface area is 176 Å². The first-order chi connectivity index (χ1) is 14.2. The maximum Gasteiger partial charge on any atom is 0.353 e. The average Bonchev–Trinajstić information content (AvgIpc) is 3.35. The summed E-state index contributed by atoms with van der Waals surface area (Å²) in [6, 6.07) is -1.60. The standard InChI is InChI=1S/C18H24N4O7S/c1-6-12-11(7(2)23)17(26)22(12)13(18(27)28)14(6)30-8-3-9(19-4-8)15(24)20-10-5-29-21-16(10)25/h6-12,19,23H,3-5H2,1-2H3,(H,20,24)(H,21,25)(H,27,28)/t6-,7-,8+,9+,10?,11-,12-/m1/s1. The molecule has 5 N–H and O–H groups in total. The van der Waals surface area contributed by atoms with Crippen LogP contribution in [0.2, 0.25) is 0 Å². The molecular formula is C18H24N4O7S. The van der Waals surface area contributed by atoms with Crippen molar-refractivity contribution in [2.24, 2.45) is 11.8 Å². The predicted molar refractivity (Wildman–Crippen MR) is 103 cm³/mol. The second-order valence-electron chi connectivity index (χ2n) is 8.05. The number of aliphatic hydroxyl groups excluding tert-OH is 1. The molecule has 0 aromatic rings. The Hall–Kier alpha value is -2.15. The van der Waals surface area contributed by atoms with Gasteiger partial charge in [-0.25, -0.2) is 10.3 Å². The van der Waals surface area contributed by atoms with Crippen LogP contribution in [0.4, 0.5) is 0 Å². The average molecular weight is 440 g/mol. The molecule has 11 nitrogen and oxygen atoms in total. The van der Waals surface area contributed by atoms with Gasteiger partial charge in [0.1, 0.15) is 18.3 Å². The molecule has 0 aromatic carbocycles. The SMILES string of the molecule is C[C@@H](O)[C@H]1C(=O)N2C(C(=O)O)=C(S[C@@H]3CN[C@H](C(=O)NC4CONC4=O)C3)[C@H](C)[C@H]12. The molecule has 164 valence electrons. The van der Waals surface area contributed by atoms with E-state index in [4.69, 9.17) is 4.84 Å². The molecule has 0 aliphatic carbocycles. The van der Waals surface area contributed by atoms with E-state index in [1.165, 1.54) is 23.6 Å². The molecule has 0 saturated carbocycles. The van der Waals surface area contributed by atoms with Crippen molar-refractivity contribution >= 4 is 35.5 Å². The van der Waals surface area contributed by atoms with E-state index in [0.29, 0.717) is 17.9 Å². The topological polar surface area (TPSA) is 157 Å². The number of thioether (sulfide) groups is 1. The third kappa shape index (κ3) is 3.37. The van der Waals surface area contributed by atoms with Crippen molar-refractivity contribution in [1.29, 1.82) is 0 Å². The third-order valence-electron chi connectivity index (χ3n) is 6.07. The highest BCUT2D eigenvalue weighted by molar-refractivity contribution is 8.03. The van der Waals surface area contributed by atoms with Crippen molar-refractivity contribution in [3.05, 3.63) is 10.6 Å². The molecule has 12 heteroatoms. The minimum Gasteiger partial charge on any atom is -0.477 e. The van der Waals surface area contributed by atoms with E-state index in [1.807, 2.05) is 6.92 Å². The summed E-state index contributed by atoms with van der Waals surface area (Å²) in [5.74, 6) is -3.07. The molecule has 7 atom stereocenters. The number of hydrogen-bond acceptors (Lipinski definition) is 8. The number of carboxylic acids is 1. The number of nitrogens with one attached hydrogen (secondary N) is 3. The zero-order valence-corrected chi connectivity index (χ0v) is 17.3. The lowest BCUT2D eigenvalue weighted by Crippen LogP contribution is -2.63. The Balaban J connectivity index is 1.43. The number of carboxylic acid groups (broad SMARTS) is 1. The fourth-order valence-electron chi connectivity index (χ4n) is 4.57. The molecule has 3 saturated heterocycles. The number of β-lactam (4-membered cyclic amide) rings is 1. The lowest BCUT2D eigenvalue weighted by Gasteiger charge is -2.46. The van der Waals surface area contributed by atoms with Gasteiger partial charge in [0.15, 0.2) is 0 Å². The summed E-state index contributed by atoms with van der Waals surface area (Å²) in [5.41, 5.74) is 2.16. The van der Waals surface area contributed by atoms with Gasteiger partial charge in [0.05, 0.1) is 24.1 Å². The number of fused-ring (bicyclic) bond motifs is 1. The quantitative estimate of drug-likeness (QED) is 0.299. The van der Waals surface area contributed by atoms with Crippen LogP contribution >= 0.6 is 11.8 Å². The smallest absolute Gasteiger partial charge is 0.353 e. The normalized spacial score (nSPS) is 36.4. The van der Waals surface area contributed by atoms with Crippen molar-refractivity contribution in [3.63, 3.8) is 0 Å². The van der Waals surface area contributed by atoms with Gasteiger partial charge in [-0.1, -0.05) is 6.92 Å². The van der Waals surface area contributed by atoms with Crippen LogP contribution in [-0.2, 0) is 24.0 Å². The number of amides is 3. The molecule has 3 amide bonds. The third-order valence-corrected chi connectivity index (χ3v) is 7.58. The van der Waals surface area contributed by atoms with E-state index in [-0.39, 0.29) is 41.3 Å². The summed E-state index contributed by atoms with van der Waals surface area (Å²) in [6.45, 7) is 3.95. The molecule has 0 spiro atoms. The number of aliphatic hydroxyl groups is 1. The zero-order chi connectivity index (χ0) is 21.7. The second kappa shape index (κ2) is 7.84. The van der Waals surface area contributed by atoms with Crippen LogP contribution in [0.25, 0.3) is 0 Å². The molecule has 3 fully saturated rings. The fraction of sp³-hybridized carbons (Fsp3) is 0.667. The van der Waals surface area contributed by atoms with Gasteiger partial charge in [0, 0.05) is 22.6 Å². The number of rotatable bonds is 6. The fourth-order valence-corrected chi connectivity index (χ4v) is 6.05. The highest BCUT2D eigenvalue weighted by atomic mass is 32.2. The molecule has 30 heavy (non-hydrogen) atoms. The number of hydrogen-bond donors (Lipinski definition) is 5. The van der Waals surface area contributed by atoms with E-state index in [9.17, 15) is 29.4 Å². The van der Waals surface area contributed by atoms with Gasteiger partial charge in [-0.15, -0.1) is 11.8 Å². The summed E-state index contributed by atoms with van der Waals surface area (Å²) >= 11 is 1.36. The van der Waals surface area contributed by atoms with Crippen molar-refractivity contribution < 1.29 is 34.2 Å². The van der Waals surface area contributed by atoms with Crippen LogP contribution in [0.3, 0.4) is 0 Å². The minimum atomic E-state index is -1.17. The van der Waals surface area contributed by atoms with E-state index in [1.54, 1.807) is 0 Å². The Bertz CT molecular complexity index is 831. The summed E-state index contributed by atoms with van der Waals surface area (Å²) in [7, 11) is 0. The summed E-state index contributed by atoms with van der Waals surface area (Å²) in [5, 5.41) is 25.3. The van der Waals surface area contributed by atoms with E-state index >= 15 is 0 Å². The van der Waals surface area contributed by atoms with Crippen molar-refractivity contribution in [1.82, 2.24) is 21.0 Å².